The molecule has 0 atom stereocenters. The van der Waals surface area contributed by atoms with E-state index in [4.69, 9.17) is 9.47 Å². The molecule has 0 fully saturated rings. The van der Waals surface area contributed by atoms with Crippen LogP contribution in [0.25, 0.3) is 10.8 Å². The lowest BCUT2D eigenvalue weighted by molar-refractivity contribution is 0.0596. The van der Waals surface area contributed by atoms with Gasteiger partial charge in [0, 0.05) is 0 Å². The van der Waals surface area contributed by atoms with Gasteiger partial charge in [-0.15, -0.1) is 0 Å². The molecule has 0 aliphatic carbocycles. The van der Waals surface area contributed by atoms with Crippen molar-refractivity contribution >= 4 is 16.7 Å². The molecule has 0 saturated carbocycles. The minimum absolute atomic E-state index is 0.348. The number of benzene rings is 2. The highest BCUT2D eigenvalue weighted by molar-refractivity contribution is 5.98. The molecule has 0 heterocycles. The first-order valence-electron chi connectivity index (χ1n) is 10.5. The molecule has 148 valence electrons. The van der Waals surface area contributed by atoms with Crippen LogP contribution in [0, 0.1) is 0 Å². The van der Waals surface area contributed by atoms with E-state index in [1.54, 1.807) is 0 Å². The summed E-state index contributed by atoms with van der Waals surface area (Å²) in [4.78, 5) is 12.1. The number of esters is 1. The van der Waals surface area contributed by atoms with Crippen molar-refractivity contribution in [1.82, 2.24) is 0 Å². The van der Waals surface area contributed by atoms with Gasteiger partial charge >= 0.3 is 5.97 Å². The number of hydrogen-bond donors (Lipinski definition) is 0. The summed E-state index contributed by atoms with van der Waals surface area (Å²) in [6.07, 6.45) is 13.0. The maximum Gasteiger partial charge on any atom is 0.341 e. The summed E-state index contributed by atoms with van der Waals surface area (Å²) >= 11 is 0. The van der Waals surface area contributed by atoms with Crippen LogP contribution in [0.5, 0.6) is 5.75 Å². The Kier molecular flexibility index (Phi) is 9.75. The highest BCUT2D eigenvalue weighted by Gasteiger charge is 2.14. The van der Waals surface area contributed by atoms with Crippen molar-refractivity contribution < 1.29 is 14.3 Å². The van der Waals surface area contributed by atoms with Gasteiger partial charge in [-0.3, -0.25) is 0 Å². The van der Waals surface area contributed by atoms with Crippen LogP contribution in [0.15, 0.2) is 36.4 Å². The van der Waals surface area contributed by atoms with Gasteiger partial charge < -0.3 is 9.47 Å². The molecule has 2 aromatic carbocycles. The van der Waals surface area contributed by atoms with Crippen LogP contribution in [0.1, 0.15) is 81.5 Å². The molecule has 0 bridgehead atoms. The fourth-order valence-electron chi connectivity index (χ4n) is 3.38. The monoisotopic (exact) mass is 370 g/mol. The molecule has 0 aromatic heterocycles. The molecule has 0 aliphatic heterocycles. The van der Waals surface area contributed by atoms with Gasteiger partial charge in [0.1, 0.15) is 11.3 Å². The third kappa shape index (κ3) is 7.24. The number of carbonyl (C=O) groups is 1. The smallest absolute Gasteiger partial charge is 0.341 e. The Bertz CT molecular complexity index is 693. The molecule has 0 N–H and O–H groups in total. The molecule has 27 heavy (non-hydrogen) atoms. The summed E-state index contributed by atoms with van der Waals surface area (Å²) in [5.41, 5.74) is 0.503. The minimum atomic E-state index is -0.348. The van der Waals surface area contributed by atoms with Gasteiger partial charge in [-0.05, 0) is 29.3 Å². The molecular formula is C24H34O3. The Hall–Kier alpha value is -2.03. The maximum absolute atomic E-state index is 12.1. The predicted molar refractivity (Wildman–Crippen MR) is 113 cm³/mol. The molecule has 3 nitrogen and oxygen atoms in total. The van der Waals surface area contributed by atoms with Gasteiger partial charge in [-0.25, -0.2) is 4.79 Å². The number of methoxy groups -OCH3 is 1. The Morgan fingerprint density at radius 2 is 1.37 bits per heavy atom. The summed E-state index contributed by atoms with van der Waals surface area (Å²) in [6, 6.07) is 11.8. The summed E-state index contributed by atoms with van der Waals surface area (Å²) in [5, 5.41) is 2.09. The second-order valence-corrected chi connectivity index (χ2v) is 7.22. The van der Waals surface area contributed by atoms with Crippen molar-refractivity contribution in [1.29, 1.82) is 0 Å². The van der Waals surface area contributed by atoms with E-state index < -0.39 is 0 Å². The second-order valence-electron chi connectivity index (χ2n) is 7.22. The molecule has 3 heteroatoms. The zero-order valence-corrected chi connectivity index (χ0v) is 17.0. The van der Waals surface area contributed by atoms with E-state index >= 15 is 0 Å². The molecule has 2 aromatic rings. The average Bonchev–Trinajstić information content (AvgIpc) is 2.70. The third-order valence-corrected chi connectivity index (χ3v) is 5.01. The zero-order chi connectivity index (χ0) is 19.3. The summed E-state index contributed by atoms with van der Waals surface area (Å²) in [6.45, 7) is 2.90. The summed E-state index contributed by atoms with van der Waals surface area (Å²) in [5.74, 6) is 0.273. The predicted octanol–water partition coefficient (Wildman–Crippen LogP) is 6.93. The SMILES string of the molecule is CCCCCCCCCCCCOc1cc2ccccc2cc1C(=O)OC. The lowest BCUT2D eigenvalue weighted by atomic mass is 10.1. The first-order chi connectivity index (χ1) is 13.3. The van der Waals surface area contributed by atoms with E-state index in [9.17, 15) is 4.79 Å². The van der Waals surface area contributed by atoms with Crippen molar-refractivity contribution in [2.45, 2.75) is 71.1 Å². The number of rotatable bonds is 13. The second kappa shape index (κ2) is 12.4. The number of hydrogen-bond acceptors (Lipinski definition) is 3. The molecule has 0 saturated heterocycles. The van der Waals surface area contributed by atoms with Crippen LogP contribution in [-0.2, 0) is 4.74 Å². The van der Waals surface area contributed by atoms with Gasteiger partial charge in [0.15, 0.2) is 0 Å². The van der Waals surface area contributed by atoms with Crippen molar-refractivity contribution in [3.8, 4) is 5.75 Å². The molecule has 0 aliphatic rings. The molecule has 0 spiro atoms. The molecule has 0 unspecified atom stereocenters. The van der Waals surface area contributed by atoms with Crippen LogP contribution in [0.3, 0.4) is 0 Å². The standard InChI is InChI=1S/C24H34O3/c1-3-4-5-6-7-8-9-10-11-14-17-27-23-19-21-16-13-12-15-20(21)18-22(23)24(25)26-2/h12-13,15-16,18-19H,3-11,14,17H2,1-2H3. The fourth-order valence-corrected chi connectivity index (χ4v) is 3.38. The molecule has 0 amide bonds. The highest BCUT2D eigenvalue weighted by Crippen LogP contribution is 2.27. The number of carbonyl (C=O) groups excluding carboxylic acids is 1. The first-order valence-corrected chi connectivity index (χ1v) is 10.5. The third-order valence-electron chi connectivity index (χ3n) is 5.01. The van der Waals surface area contributed by atoms with Gasteiger partial charge in [-0.2, -0.15) is 0 Å². The van der Waals surface area contributed by atoms with Crippen molar-refractivity contribution in [2.24, 2.45) is 0 Å². The van der Waals surface area contributed by atoms with Crippen LogP contribution < -0.4 is 4.74 Å². The quantitative estimate of drug-likeness (QED) is 0.283. The molecular weight excluding hydrogens is 336 g/mol. The molecule has 2 rings (SSSR count). The Morgan fingerprint density at radius 1 is 0.815 bits per heavy atom. The largest absolute Gasteiger partial charge is 0.493 e. The molecule has 0 radical (unpaired) electrons. The first kappa shape index (κ1) is 21.3. The Balaban J connectivity index is 1.73. The van der Waals surface area contributed by atoms with Crippen molar-refractivity contribution in [3.63, 3.8) is 0 Å². The minimum Gasteiger partial charge on any atom is -0.493 e. The van der Waals surface area contributed by atoms with Crippen LogP contribution >= 0.6 is 0 Å². The van der Waals surface area contributed by atoms with Gasteiger partial charge in [-0.1, -0.05) is 89.0 Å². The summed E-state index contributed by atoms with van der Waals surface area (Å²) in [7, 11) is 1.41. The lowest BCUT2D eigenvalue weighted by Crippen LogP contribution is -2.07. The highest BCUT2D eigenvalue weighted by atomic mass is 16.5. The normalized spacial score (nSPS) is 10.9. The van der Waals surface area contributed by atoms with Gasteiger partial charge in [0.05, 0.1) is 13.7 Å². The number of ether oxygens (including phenoxy) is 2. The van der Waals surface area contributed by atoms with Gasteiger partial charge in [0.2, 0.25) is 0 Å². The fraction of sp³-hybridized carbons (Fsp3) is 0.542. The lowest BCUT2D eigenvalue weighted by Gasteiger charge is -2.12. The van der Waals surface area contributed by atoms with Crippen LogP contribution in [0.2, 0.25) is 0 Å². The van der Waals surface area contributed by atoms with Gasteiger partial charge in [0.25, 0.3) is 0 Å². The Labute approximate surface area is 164 Å². The Morgan fingerprint density at radius 3 is 1.96 bits per heavy atom. The number of unbranched alkanes of at least 4 members (excludes halogenated alkanes) is 9. The van der Waals surface area contributed by atoms with E-state index in [0.29, 0.717) is 17.9 Å². The van der Waals surface area contributed by atoms with E-state index in [2.05, 4.69) is 6.92 Å². The van der Waals surface area contributed by atoms with E-state index in [1.807, 2.05) is 36.4 Å². The van der Waals surface area contributed by atoms with E-state index in [-0.39, 0.29) is 5.97 Å². The van der Waals surface area contributed by atoms with Crippen molar-refractivity contribution in [2.75, 3.05) is 13.7 Å². The topological polar surface area (TPSA) is 35.5 Å². The average molecular weight is 371 g/mol. The zero-order valence-electron chi connectivity index (χ0n) is 17.0. The van der Waals surface area contributed by atoms with E-state index in [0.717, 1.165) is 17.2 Å². The van der Waals surface area contributed by atoms with E-state index in [1.165, 1.54) is 64.9 Å². The summed E-state index contributed by atoms with van der Waals surface area (Å²) < 4.78 is 10.9. The van der Waals surface area contributed by atoms with Crippen LogP contribution in [-0.4, -0.2) is 19.7 Å². The van der Waals surface area contributed by atoms with Crippen molar-refractivity contribution in [3.05, 3.63) is 42.0 Å². The number of fused-ring (bicyclic) bond motifs is 1. The van der Waals surface area contributed by atoms with Crippen LogP contribution in [0.4, 0.5) is 0 Å². The maximum atomic E-state index is 12.1.